The van der Waals surface area contributed by atoms with Gasteiger partial charge in [0, 0.05) is 20.0 Å². The van der Waals surface area contributed by atoms with Crippen molar-refractivity contribution in [1.82, 2.24) is 20.0 Å². The topological polar surface area (TPSA) is 21.8 Å². The van der Waals surface area contributed by atoms with Gasteiger partial charge in [0.15, 0.2) is 0 Å². The quantitative estimate of drug-likeness (QED) is 0.354. The van der Waals surface area contributed by atoms with Gasteiger partial charge in [-0.1, -0.05) is 0 Å². The Bertz CT molecular complexity index is 121. The van der Waals surface area contributed by atoms with Crippen LogP contribution in [0.4, 0.5) is 0 Å². The van der Waals surface area contributed by atoms with Crippen LogP contribution in [0.25, 0.3) is 0 Å². The molecule has 8 heteroatoms. The smallest absolute Gasteiger partial charge is 1.00 e. The summed E-state index contributed by atoms with van der Waals surface area (Å²) in [4.78, 5) is 6.53. The standard InChI is InChI=1S/C7H17N4.3ClH.Ti/c1-9-4-8-5-10(2)7-11(3)6-9;;;;/h6,8H,4-5,7H2,1-3H3;3*1H;/q-1;;;;+4/p-3. The molecule has 1 fully saturated rings. The molecule has 0 unspecified atom stereocenters. The zero-order valence-corrected chi connectivity index (χ0v) is 13.0. The molecule has 0 spiro atoms. The zero-order chi connectivity index (χ0) is 8.27. The van der Waals surface area contributed by atoms with Crippen molar-refractivity contribution in [1.29, 1.82) is 0 Å². The van der Waals surface area contributed by atoms with Crippen LogP contribution in [0, 0.1) is 6.67 Å². The summed E-state index contributed by atoms with van der Waals surface area (Å²) >= 11 is 0. The van der Waals surface area contributed by atoms with Gasteiger partial charge in [-0.25, -0.2) is 6.67 Å². The number of nitrogens with zero attached hydrogens (tertiary/aromatic N) is 3. The summed E-state index contributed by atoms with van der Waals surface area (Å²) in [6.45, 7) is 4.93. The van der Waals surface area contributed by atoms with Crippen LogP contribution in [0.15, 0.2) is 0 Å². The summed E-state index contributed by atoms with van der Waals surface area (Å²) < 4.78 is 0. The number of rotatable bonds is 0. The fourth-order valence-corrected chi connectivity index (χ4v) is 1.26. The van der Waals surface area contributed by atoms with E-state index < -0.39 is 0 Å². The van der Waals surface area contributed by atoms with Gasteiger partial charge < -0.3 is 47.0 Å². The second kappa shape index (κ2) is 13.5. The summed E-state index contributed by atoms with van der Waals surface area (Å²) in [5.41, 5.74) is 0. The molecule has 0 atom stereocenters. The van der Waals surface area contributed by atoms with E-state index in [-0.39, 0.29) is 58.9 Å². The molecule has 1 saturated heterocycles. The summed E-state index contributed by atoms with van der Waals surface area (Å²) in [5.74, 6) is 0. The molecule has 1 N–H and O–H groups in total. The fraction of sp³-hybridized carbons (Fsp3) is 0.857. The number of hydrogen-bond acceptors (Lipinski definition) is 4. The van der Waals surface area contributed by atoms with Gasteiger partial charge in [0.25, 0.3) is 0 Å². The van der Waals surface area contributed by atoms with Crippen LogP contribution < -0.4 is 42.5 Å². The van der Waals surface area contributed by atoms with Gasteiger partial charge >= 0.3 is 21.7 Å². The van der Waals surface area contributed by atoms with Crippen molar-refractivity contribution in [2.45, 2.75) is 0 Å². The van der Waals surface area contributed by atoms with Crippen LogP contribution in [0.3, 0.4) is 0 Å². The van der Waals surface area contributed by atoms with Crippen LogP contribution in [0.5, 0.6) is 0 Å². The Balaban J connectivity index is -0.000000151. The van der Waals surface area contributed by atoms with Crippen molar-refractivity contribution >= 4 is 0 Å². The van der Waals surface area contributed by atoms with Crippen molar-refractivity contribution in [3.63, 3.8) is 0 Å². The Kier molecular flexibility index (Phi) is 22.8. The van der Waals surface area contributed by atoms with Crippen molar-refractivity contribution < 1.29 is 58.9 Å². The first-order valence-corrected chi connectivity index (χ1v) is 3.83. The monoisotopic (exact) mass is 310 g/mol. The average molecular weight is 311 g/mol. The molecule has 1 heterocycles. The molecule has 1 rings (SSSR count). The molecular formula is C7H17Cl3N4Ti. The van der Waals surface area contributed by atoms with E-state index in [1.165, 1.54) is 0 Å². The van der Waals surface area contributed by atoms with Gasteiger partial charge in [-0.2, -0.15) is 0 Å². The maximum absolute atomic E-state index is 3.30. The Morgan fingerprint density at radius 1 is 0.933 bits per heavy atom. The van der Waals surface area contributed by atoms with Gasteiger partial charge in [0.1, 0.15) is 0 Å². The minimum Gasteiger partial charge on any atom is -1.00 e. The van der Waals surface area contributed by atoms with Crippen molar-refractivity contribution in [2.75, 3.05) is 41.1 Å². The summed E-state index contributed by atoms with van der Waals surface area (Å²) in [6.07, 6.45) is 0. The summed E-state index contributed by atoms with van der Waals surface area (Å²) in [5, 5.41) is 3.30. The summed E-state index contributed by atoms with van der Waals surface area (Å²) in [6, 6.07) is 0. The van der Waals surface area contributed by atoms with E-state index in [4.69, 9.17) is 0 Å². The van der Waals surface area contributed by atoms with Crippen LogP contribution in [-0.4, -0.2) is 55.8 Å². The first kappa shape index (κ1) is 25.3. The normalized spacial score (nSPS) is 19.4. The third-order valence-corrected chi connectivity index (χ3v) is 1.60. The van der Waals surface area contributed by atoms with Gasteiger partial charge in [-0.3, -0.25) is 10.2 Å². The van der Waals surface area contributed by atoms with Crippen LogP contribution >= 0.6 is 0 Å². The van der Waals surface area contributed by atoms with Crippen molar-refractivity contribution in [2.24, 2.45) is 0 Å². The van der Waals surface area contributed by atoms with E-state index >= 15 is 0 Å². The average Bonchev–Trinajstić information content (AvgIpc) is 1.83. The predicted octanol–water partition coefficient (Wildman–Crippen LogP) is -9.61. The van der Waals surface area contributed by atoms with E-state index in [2.05, 4.69) is 47.8 Å². The third kappa shape index (κ3) is 11.7. The molecule has 90 valence electrons. The van der Waals surface area contributed by atoms with Crippen LogP contribution in [-0.2, 0) is 21.7 Å². The fourth-order valence-electron chi connectivity index (χ4n) is 1.26. The molecule has 0 amide bonds. The van der Waals surface area contributed by atoms with E-state index in [0.717, 1.165) is 20.0 Å². The molecule has 0 aromatic heterocycles. The Hall–Kier alpha value is 1.42. The molecule has 0 saturated carbocycles. The molecule has 1 aliphatic rings. The van der Waals surface area contributed by atoms with Crippen molar-refractivity contribution in [3.8, 4) is 0 Å². The van der Waals surface area contributed by atoms with Gasteiger partial charge in [0.05, 0.1) is 0 Å². The van der Waals surface area contributed by atoms with Crippen molar-refractivity contribution in [3.05, 3.63) is 6.67 Å². The van der Waals surface area contributed by atoms with Gasteiger partial charge in [0.2, 0.25) is 0 Å². The maximum atomic E-state index is 3.30. The molecule has 4 nitrogen and oxygen atoms in total. The number of halogens is 3. The van der Waals surface area contributed by atoms with E-state index in [1.807, 2.05) is 0 Å². The maximum Gasteiger partial charge on any atom is 4.00 e. The van der Waals surface area contributed by atoms with Gasteiger partial charge in [-0.15, -0.1) is 0 Å². The largest absolute Gasteiger partial charge is 4.00 e. The molecule has 0 bridgehead atoms. The van der Waals surface area contributed by atoms with E-state index in [1.54, 1.807) is 0 Å². The first-order valence-electron chi connectivity index (χ1n) is 3.83. The third-order valence-electron chi connectivity index (χ3n) is 1.60. The minimum absolute atomic E-state index is 0. The Morgan fingerprint density at radius 3 is 2.00 bits per heavy atom. The molecule has 1 aliphatic heterocycles. The molecule has 0 aliphatic carbocycles. The molecule has 0 aromatic rings. The van der Waals surface area contributed by atoms with E-state index in [9.17, 15) is 0 Å². The molecule has 0 radical (unpaired) electrons. The second-order valence-electron chi connectivity index (χ2n) is 3.19. The Morgan fingerprint density at radius 2 is 1.47 bits per heavy atom. The van der Waals surface area contributed by atoms with Crippen LogP contribution in [0.1, 0.15) is 0 Å². The predicted molar refractivity (Wildman–Crippen MR) is 45.3 cm³/mol. The minimum atomic E-state index is 0. The van der Waals surface area contributed by atoms with E-state index in [0.29, 0.717) is 0 Å². The van der Waals surface area contributed by atoms with Gasteiger partial charge in [-0.05, 0) is 21.1 Å². The molecule has 15 heavy (non-hydrogen) atoms. The Labute approximate surface area is 126 Å². The SMILES string of the molecule is CN1[CH-]N(C)CN(C)CNC1.[Cl-].[Cl-].[Cl-].[Ti+4]. The summed E-state index contributed by atoms with van der Waals surface area (Å²) in [7, 11) is 6.25. The second-order valence-corrected chi connectivity index (χ2v) is 3.19. The zero-order valence-electron chi connectivity index (χ0n) is 9.17. The molecular weight excluding hydrogens is 294 g/mol. The number of nitrogens with one attached hydrogen (secondary N) is 1. The first-order chi connectivity index (χ1) is 5.18. The molecule has 0 aromatic carbocycles. The van der Waals surface area contributed by atoms with Crippen LogP contribution in [0.2, 0.25) is 0 Å². The number of hydrogen-bond donors (Lipinski definition) is 1.